The lowest BCUT2D eigenvalue weighted by Gasteiger charge is -2.12. The molecule has 1 heterocycles. The summed E-state index contributed by atoms with van der Waals surface area (Å²) in [5.41, 5.74) is 2.56. The maximum Gasteiger partial charge on any atom is 0.123 e. The van der Waals surface area contributed by atoms with Crippen LogP contribution in [0.5, 0.6) is 0 Å². The number of aromatic nitrogens is 2. The number of hydrogen-bond donors (Lipinski definition) is 1. The van der Waals surface area contributed by atoms with Gasteiger partial charge in [-0.2, -0.15) is 5.10 Å². The molecule has 3 nitrogen and oxygen atoms in total. The Morgan fingerprint density at radius 1 is 1.37 bits per heavy atom. The Kier molecular flexibility index (Phi) is 4.37. The summed E-state index contributed by atoms with van der Waals surface area (Å²) < 4.78 is 15.7. The van der Waals surface area contributed by atoms with E-state index in [1.165, 1.54) is 12.1 Å². The quantitative estimate of drug-likeness (QED) is 0.935. The van der Waals surface area contributed by atoms with E-state index in [9.17, 15) is 9.50 Å². The van der Waals surface area contributed by atoms with Crippen molar-refractivity contribution in [3.8, 4) is 0 Å². The number of hydrogen-bond acceptors (Lipinski definition) is 2. The number of nitrogens with zero attached hydrogens (tertiary/aromatic N) is 2. The van der Waals surface area contributed by atoms with E-state index in [-0.39, 0.29) is 5.82 Å². The van der Waals surface area contributed by atoms with Crippen LogP contribution in [0.2, 0.25) is 0 Å². The lowest BCUT2D eigenvalue weighted by molar-refractivity contribution is 0.175. The van der Waals surface area contributed by atoms with E-state index >= 15 is 0 Å². The normalized spacial score (nSPS) is 12.7. The lowest BCUT2D eigenvalue weighted by atomic mass is 10.0. The molecule has 1 aromatic heterocycles. The van der Waals surface area contributed by atoms with Crippen LogP contribution in [-0.4, -0.2) is 14.9 Å². The summed E-state index contributed by atoms with van der Waals surface area (Å²) in [4.78, 5) is 0. The third-order valence-electron chi connectivity index (χ3n) is 3.09. The molecular weight excluding hydrogens is 311 g/mol. The first-order valence-corrected chi connectivity index (χ1v) is 6.97. The summed E-state index contributed by atoms with van der Waals surface area (Å²) in [7, 11) is 0. The van der Waals surface area contributed by atoms with Crippen molar-refractivity contribution in [3.63, 3.8) is 0 Å². The first kappa shape index (κ1) is 14.2. The van der Waals surface area contributed by atoms with Gasteiger partial charge in [0, 0.05) is 13.0 Å². The third kappa shape index (κ3) is 3.04. The predicted molar refractivity (Wildman–Crippen MR) is 75.4 cm³/mol. The molecule has 1 unspecified atom stereocenters. The summed E-state index contributed by atoms with van der Waals surface area (Å²) in [5, 5.41) is 14.6. The molecule has 1 atom stereocenters. The van der Waals surface area contributed by atoms with Crippen molar-refractivity contribution in [2.24, 2.45) is 0 Å². The third-order valence-corrected chi connectivity index (χ3v) is 4.13. The highest BCUT2D eigenvalue weighted by Crippen LogP contribution is 2.26. The molecular formula is C14H16BrFN2O. The van der Waals surface area contributed by atoms with Crippen LogP contribution in [0.3, 0.4) is 0 Å². The van der Waals surface area contributed by atoms with Gasteiger partial charge in [0.15, 0.2) is 0 Å². The van der Waals surface area contributed by atoms with Gasteiger partial charge in [-0.3, -0.25) is 4.68 Å². The molecule has 0 radical (unpaired) electrons. The molecule has 0 bridgehead atoms. The molecule has 0 spiro atoms. The molecule has 0 aliphatic heterocycles. The van der Waals surface area contributed by atoms with Crippen LogP contribution in [-0.2, 0) is 13.0 Å². The van der Waals surface area contributed by atoms with Crippen LogP contribution in [0.25, 0.3) is 0 Å². The number of benzene rings is 1. The molecule has 0 saturated heterocycles. The van der Waals surface area contributed by atoms with E-state index in [1.54, 1.807) is 12.1 Å². The topological polar surface area (TPSA) is 38.0 Å². The molecule has 2 aromatic rings. The molecule has 0 saturated carbocycles. The van der Waals surface area contributed by atoms with Gasteiger partial charge in [0.2, 0.25) is 0 Å². The maximum absolute atomic E-state index is 12.9. The first-order chi connectivity index (χ1) is 9.02. The summed E-state index contributed by atoms with van der Waals surface area (Å²) >= 11 is 3.50. The zero-order valence-electron chi connectivity index (χ0n) is 10.9. The number of rotatable bonds is 4. The standard InChI is InChI=1S/C14H16BrFN2O/c1-3-18-12(14(15)9(2)17-18)8-13(19)10-4-6-11(16)7-5-10/h4-7,13,19H,3,8H2,1-2H3. The molecule has 2 rings (SSSR count). The fourth-order valence-corrected chi connectivity index (χ4v) is 2.50. The van der Waals surface area contributed by atoms with Gasteiger partial charge in [-0.05, 0) is 47.5 Å². The second-order valence-electron chi connectivity index (χ2n) is 4.43. The van der Waals surface area contributed by atoms with E-state index < -0.39 is 6.10 Å². The summed E-state index contributed by atoms with van der Waals surface area (Å²) in [6.45, 7) is 4.68. The molecule has 1 aromatic carbocycles. The van der Waals surface area contributed by atoms with Crippen LogP contribution >= 0.6 is 15.9 Å². The Morgan fingerprint density at radius 3 is 2.58 bits per heavy atom. The Morgan fingerprint density at radius 2 is 2.00 bits per heavy atom. The minimum Gasteiger partial charge on any atom is -0.388 e. The van der Waals surface area contributed by atoms with E-state index in [0.29, 0.717) is 12.0 Å². The summed E-state index contributed by atoms with van der Waals surface area (Å²) in [5.74, 6) is -0.299. The predicted octanol–water partition coefficient (Wildman–Crippen LogP) is 3.39. The van der Waals surface area contributed by atoms with Crippen LogP contribution in [0.1, 0.15) is 30.0 Å². The van der Waals surface area contributed by atoms with E-state index in [2.05, 4.69) is 21.0 Å². The van der Waals surface area contributed by atoms with Crippen LogP contribution < -0.4 is 0 Å². The second kappa shape index (κ2) is 5.84. The van der Waals surface area contributed by atoms with Crippen molar-refractivity contribution in [2.45, 2.75) is 32.9 Å². The molecule has 0 aliphatic rings. The van der Waals surface area contributed by atoms with Gasteiger partial charge in [-0.1, -0.05) is 12.1 Å². The van der Waals surface area contributed by atoms with Gasteiger partial charge in [0.05, 0.1) is 22.0 Å². The van der Waals surface area contributed by atoms with Crippen molar-refractivity contribution in [1.29, 1.82) is 0 Å². The Labute approximate surface area is 120 Å². The minimum absolute atomic E-state index is 0.299. The van der Waals surface area contributed by atoms with Crippen LogP contribution in [0.4, 0.5) is 4.39 Å². The zero-order chi connectivity index (χ0) is 14.0. The van der Waals surface area contributed by atoms with Gasteiger partial charge >= 0.3 is 0 Å². The van der Waals surface area contributed by atoms with E-state index in [4.69, 9.17) is 0 Å². The largest absolute Gasteiger partial charge is 0.388 e. The number of aryl methyl sites for hydroxylation is 2. The van der Waals surface area contributed by atoms with Gasteiger partial charge in [-0.15, -0.1) is 0 Å². The molecule has 5 heteroatoms. The molecule has 0 fully saturated rings. The van der Waals surface area contributed by atoms with Gasteiger partial charge in [-0.25, -0.2) is 4.39 Å². The second-order valence-corrected chi connectivity index (χ2v) is 5.23. The van der Waals surface area contributed by atoms with Crippen LogP contribution in [0, 0.1) is 12.7 Å². The van der Waals surface area contributed by atoms with Crippen molar-refractivity contribution in [1.82, 2.24) is 9.78 Å². The first-order valence-electron chi connectivity index (χ1n) is 6.18. The van der Waals surface area contributed by atoms with Gasteiger partial charge in [0.1, 0.15) is 5.82 Å². The minimum atomic E-state index is -0.668. The molecule has 102 valence electrons. The van der Waals surface area contributed by atoms with Crippen molar-refractivity contribution in [2.75, 3.05) is 0 Å². The van der Waals surface area contributed by atoms with E-state index in [0.717, 1.165) is 22.4 Å². The van der Waals surface area contributed by atoms with Crippen LogP contribution in [0.15, 0.2) is 28.7 Å². The number of halogens is 2. The summed E-state index contributed by atoms with van der Waals surface area (Å²) in [6, 6.07) is 5.92. The highest BCUT2D eigenvalue weighted by molar-refractivity contribution is 9.10. The highest BCUT2D eigenvalue weighted by atomic mass is 79.9. The highest BCUT2D eigenvalue weighted by Gasteiger charge is 2.17. The zero-order valence-corrected chi connectivity index (χ0v) is 12.5. The average Bonchev–Trinajstić information content (AvgIpc) is 2.67. The van der Waals surface area contributed by atoms with E-state index in [1.807, 2.05) is 18.5 Å². The Balaban J connectivity index is 2.23. The fraction of sp³-hybridized carbons (Fsp3) is 0.357. The average molecular weight is 327 g/mol. The van der Waals surface area contributed by atoms with Crippen molar-refractivity contribution in [3.05, 3.63) is 51.5 Å². The smallest absolute Gasteiger partial charge is 0.123 e. The summed E-state index contributed by atoms with van der Waals surface area (Å²) in [6.07, 6.45) is -0.223. The monoisotopic (exact) mass is 326 g/mol. The van der Waals surface area contributed by atoms with Crippen molar-refractivity contribution >= 4 is 15.9 Å². The lowest BCUT2D eigenvalue weighted by Crippen LogP contribution is -2.09. The number of aliphatic hydroxyl groups excluding tert-OH is 1. The van der Waals surface area contributed by atoms with Crippen molar-refractivity contribution < 1.29 is 9.50 Å². The van der Waals surface area contributed by atoms with Gasteiger partial charge in [0.25, 0.3) is 0 Å². The van der Waals surface area contributed by atoms with Gasteiger partial charge < -0.3 is 5.11 Å². The molecule has 19 heavy (non-hydrogen) atoms. The molecule has 0 amide bonds. The Bertz CT molecular complexity index is 566. The fourth-order valence-electron chi connectivity index (χ4n) is 2.05. The molecule has 1 N–H and O–H groups in total. The SMILES string of the molecule is CCn1nc(C)c(Br)c1CC(O)c1ccc(F)cc1. The maximum atomic E-state index is 12.9. The number of aliphatic hydroxyl groups is 1. The molecule has 0 aliphatic carbocycles. The Hall–Kier alpha value is -1.20.